The largest absolute Gasteiger partial charge is 0.305 e. The molecular weight excluding hydrogens is 447 g/mol. The Morgan fingerprint density at radius 3 is 2.57 bits per heavy atom. The molecule has 0 unspecified atom stereocenters. The van der Waals surface area contributed by atoms with Crippen molar-refractivity contribution in [2.24, 2.45) is 7.05 Å². The van der Waals surface area contributed by atoms with Crippen molar-refractivity contribution in [3.05, 3.63) is 83.0 Å². The maximum atomic E-state index is 13.4. The summed E-state index contributed by atoms with van der Waals surface area (Å²) in [4.78, 5) is 12.4. The van der Waals surface area contributed by atoms with Crippen LogP contribution in [-0.4, -0.2) is 30.7 Å². The molecule has 0 saturated carbocycles. The molecule has 0 saturated heterocycles. The Morgan fingerprint density at radius 2 is 1.93 bits per heavy atom. The van der Waals surface area contributed by atoms with E-state index >= 15 is 0 Å². The quantitative estimate of drug-likeness (QED) is 0.526. The molecule has 0 radical (unpaired) electrons. The zero-order valence-electron chi connectivity index (χ0n) is 15.9. The van der Waals surface area contributed by atoms with E-state index in [1.165, 1.54) is 29.0 Å². The van der Waals surface area contributed by atoms with Crippen LogP contribution in [-0.2, 0) is 17.1 Å². The molecule has 0 atom stereocenters. The third-order valence-electron chi connectivity index (χ3n) is 4.13. The maximum absolute atomic E-state index is 13.4. The minimum Gasteiger partial charge on any atom is -0.305 e. The van der Waals surface area contributed by atoms with Gasteiger partial charge in [-0.05, 0) is 30.3 Å². The van der Waals surface area contributed by atoms with Gasteiger partial charge in [0.2, 0.25) is 0 Å². The van der Waals surface area contributed by atoms with E-state index in [4.69, 9.17) is 23.2 Å². The van der Waals surface area contributed by atoms with Gasteiger partial charge in [-0.1, -0.05) is 41.4 Å². The van der Waals surface area contributed by atoms with E-state index in [1.54, 1.807) is 43.6 Å². The second-order valence-electron chi connectivity index (χ2n) is 6.25. The van der Waals surface area contributed by atoms with Crippen molar-refractivity contribution in [3.63, 3.8) is 0 Å². The fourth-order valence-corrected chi connectivity index (χ4v) is 4.97. The number of nitrogens with one attached hydrogen (secondary N) is 1. The Morgan fingerprint density at radius 1 is 1.20 bits per heavy atom. The van der Waals surface area contributed by atoms with E-state index in [9.17, 15) is 13.2 Å². The lowest BCUT2D eigenvalue weighted by atomic mass is 10.2. The number of halogens is 2. The van der Waals surface area contributed by atoms with Gasteiger partial charge < -0.3 is 5.32 Å². The van der Waals surface area contributed by atoms with Crippen LogP contribution in [0.1, 0.15) is 10.4 Å². The Hall–Kier alpha value is -2.81. The predicted octanol–water partition coefficient (Wildman–Crippen LogP) is 4.36. The average Bonchev–Trinajstić information content (AvgIpc) is 3.11. The van der Waals surface area contributed by atoms with Gasteiger partial charge in [-0.3, -0.25) is 13.8 Å². The molecule has 1 aromatic heterocycles. The van der Waals surface area contributed by atoms with E-state index in [1.807, 2.05) is 0 Å². The summed E-state index contributed by atoms with van der Waals surface area (Å²) in [6.07, 6.45) is 3.11. The average molecular weight is 465 g/mol. The standard InChI is InChI=1S/C20H18Cl2N4O3S/c1-3-11-26(17-7-5-4-6-15(17)21)30(28,29)18-13-14(8-9-16(18)22)20(27)23-19-10-12-25(2)24-19/h3-10,12-13H,1,11H2,2H3,(H,23,24,27). The van der Waals surface area contributed by atoms with Gasteiger partial charge in [-0.2, -0.15) is 5.10 Å². The van der Waals surface area contributed by atoms with Crippen molar-refractivity contribution in [2.75, 3.05) is 16.2 Å². The van der Waals surface area contributed by atoms with Crippen LogP contribution in [0, 0.1) is 0 Å². The topological polar surface area (TPSA) is 84.3 Å². The number of amides is 1. The zero-order chi connectivity index (χ0) is 21.9. The summed E-state index contributed by atoms with van der Waals surface area (Å²) < 4.78 is 29.5. The number of para-hydroxylation sites is 1. The van der Waals surface area contributed by atoms with Crippen LogP contribution in [0.3, 0.4) is 0 Å². The van der Waals surface area contributed by atoms with Gasteiger partial charge in [0, 0.05) is 24.9 Å². The Balaban J connectivity index is 2.02. The number of sulfonamides is 1. The molecule has 0 fully saturated rings. The van der Waals surface area contributed by atoms with Crippen molar-refractivity contribution in [3.8, 4) is 0 Å². The molecule has 0 bridgehead atoms. The summed E-state index contributed by atoms with van der Waals surface area (Å²) in [7, 11) is -2.43. The number of aromatic nitrogens is 2. The van der Waals surface area contributed by atoms with E-state index in [-0.39, 0.29) is 32.7 Å². The molecule has 7 nitrogen and oxygen atoms in total. The fourth-order valence-electron chi connectivity index (χ4n) is 2.73. The number of aryl methyl sites for hydroxylation is 1. The summed E-state index contributed by atoms with van der Waals surface area (Å²) in [5, 5.41) is 6.92. The summed E-state index contributed by atoms with van der Waals surface area (Å²) in [6, 6.07) is 12.2. The lowest BCUT2D eigenvalue weighted by molar-refractivity contribution is 0.102. The van der Waals surface area contributed by atoms with Crippen molar-refractivity contribution >= 4 is 50.6 Å². The molecule has 156 valence electrons. The molecule has 10 heteroatoms. The summed E-state index contributed by atoms with van der Waals surface area (Å²) in [5.41, 5.74) is 0.389. The van der Waals surface area contributed by atoms with Gasteiger partial charge in [0.15, 0.2) is 5.82 Å². The smallest absolute Gasteiger partial charge is 0.266 e. The Bertz CT molecular complexity index is 1210. The second-order valence-corrected chi connectivity index (χ2v) is 8.90. The molecule has 3 aromatic rings. The highest BCUT2D eigenvalue weighted by Gasteiger charge is 2.28. The lowest BCUT2D eigenvalue weighted by Gasteiger charge is -2.24. The number of hydrogen-bond donors (Lipinski definition) is 1. The molecule has 30 heavy (non-hydrogen) atoms. The molecule has 0 spiro atoms. The van der Waals surface area contributed by atoms with Crippen molar-refractivity contribution in [2.45, 2.75) is 4.90 Å². The van der Waals surface area contributed by atoms with Gasteiger partial charge in [0.05, 0.1) is 22.3 Å². The fraction of sp³-hybridized carbons (Fsp3) is 0.100. The van der Waals surface area contributed by atoms with Crippen LogP contribution in [0.5, 0.6) is 0 Å². The molecule has 1 N–H and O–H groups in total. The van der Waals surface area contributed by atoms with Crippen molar-refractivity contribution in [1.82, 2.24) is 9.78 Å². The van der Waals surface area contributed by atoms with Crippen LogP contribution in [0.4, 0.5) is 11.5 Å². The first-order valence-corrected chi connectivity index (χ1v) is 10.9. The van der Waals surface area contributed by atoms with E-state index in [0.29, 0.717) is 5.82 Å². The van der Waals surface area contributed by atoms with Crippen LogP contribution >= 0.6 is 23.2 Å². The molecule has 3 rings (SSSR count). The third kappa shape index (κ3) is 4.51. The Labute approximate surface area is 184 Å². The Kier molecular flexibility index (Phi) is 6.50. The normalized spacial score (nSPS) is 11.2. The minimum absolute atomic E-state index is 0.0227. The first kappa shape index (κ1) is 21.9. The lowest BCUT2D eigenvalue weighted by Crippen LogP contribution is -2.32. The molecule has 0 aliphatic heterocycles. The summed E-state index contributed by atoms with van der Waals surface area (Å²) in [5.74, 6) is -0.180. The number of benzene rings is 2. The highest BCUT2D eigenvalue weighted by Crippen LogP contribution is 2.33. The van der Waals surface area contributed by atoms with Gasteiger partial charge in [-0.25, -0.2) is 8.42 Å². The molecule has 1 amide bonds. The third-order valence-corrected chi connectivity index (χ3v) is 6.71. The van der Waals surface area contributed by atoms with Gasteiger partial charge in [-0.15, -0.1) is 6.58 Å². The molecule has 1 heterocycles. The summed E-state index contributed by atoms with van der Waals surface area (Å²) in [6.45, 7) is 3.59. The van der Waals surface area contributed by atoms with Crippen LogP contribution in [0.25, 0.3) is 0 Å². The minimum atomic E-state index is -4.15. The maximum Gasteiger partial charge on any atom is 0.266 e. The van der Waals surface area contributed by atoms with Crippen LogP contribution < -0.4 is 9.62 Å². The van der Waals surface area contributed by atoms with Crippen molar-refractivity contribution < 1.29 is 13.2 Å². The highest BCUT2D eigenvalue weighted by atomic mass is 35.5. The van der Waals surface area contributed by atoms with E-state index in [2.05, 4.69) is 17.0 Å². The molecule has 0 aliphatic carbocycles. The number of carbonyl (C=O) groups excluding carboxylic acids is 1. The second kappa shape index (κ2) is 8.91. The van der Waals surface area contributed by atoms with Crippen LogP contribution in [0.2, 0.25) is 10.0 Å². The highest BCUT2D eigenvalue weighted by molar-refractivity contribution is 7.93. The number of carbonyl (C=O) groups is 1. The number of anilines is 2. The first-order valence-electron chi connectivity index (χ1n) is 8.72. The monoisotopic (exact) mass is 464 g/mol. The van der Waals surface area contributed by atoms with Gasteiger partial charge in [0.1, 0.15) is 4.90 Å². The van der Waals surface area contributed by atoms with E-state index < -0.39 is 15.9 Å². The van der Waals surface area contributed by atoms with E-state index in [0.717, 1.165) is 4.31 Å². The van der Waals surface area contributed by atoms with Crippen LogP contribution in [0.15, 0.2) is 72.3 Å². The molecular formula is C20H18Cl2N4O3S. The number of rotatable bonds is 7. The zero-order valence-corrected chi connectivity index (χ0v) is 18.2. The van der Waals surface area contributed by atoms with Crippen molar-refractivity contribution in [1.29, 1.82) is 0 Å². The number of hydrogen-bond acceptors (Lipinski definition) is 4. The predicted molar refractivity (Wildman–Crippen MR) is 119 cm³/mol. The number of nitrogens with zero attached hydrogens (tertiary/aromatic N) is 3. The summed E-state index contributed by atoms with van der Waals surface area (Å²) >= 11 is 12.4. The SMILES string of the molecule is C=CCN(c1ccccc1Cl)S(=O)(=O)c1cc(C(=O)Nc2ccn(C)n2)ccc1Cl. The molecule has 2 aromatic carbocycles. The van der Waals surface area contributed by atoms with Gasteiger partial charge >= 0.3 is 0 Å². The molecule has 0 aliphatic rings. The first-order chi connectivity index (χ1) is 14.2. The van der Waals surface area contributed by atoms with Gasteiger partial charge in [0.25, 0.3) is 15.9 Å².